The Kier molecular flexibility index (Phi) is 5.71. The van der Waals surface area contributed by atoms with Crippen LogP contribution in [0.3, 0.4) is 0 Å². The number of ether oxygens (including phenoxy) is 1. The van der Waals surface area contributed by atoms with Crippen molar-refractivity contribution in [1.82, 2.24) is 9.78 Å². The molecule has 7 heteroatoms. The summed E-state index contributed by atoms with van der Waals surface area (Å²) in [5, 5.41) is 5.03. The van der Waals surface area contributed by atoms with Gasteiger partial charge in [0, 0.05) is 13.1 Å². The van der Waals surface area contributed by atoms with Crippen molar-refractivity contribution < 1.29 is 4.74 Å². The van der Waals surface area contributed by atoms with Crippen LogP contribution >= 0.6 is 43.5 Å². The fourth-order valence-corrected chi connectivity index (χ4v) is 3.72. The first-order valence-electron chi connectivity index (χ1n) is 6.50. The zero-order valence-electron chi connectivity index (χ0n) is 11.8. The maximum Gasteiger partial charge on any atom is 0.148 e. The van der Waals surface area contributed by atoms with Crippen molar-refractivity contribution in [1.29, 1.82) is 0 Å². The number of nitrogens with two attached hydrogens (primary N) is 1. The molecule has 0 saturated heterocycles. The van der Waals surface area contributed by atoms with Crippen molar-refractivity contribution in [2.45, 2.75) is 33.5 Å². The van der Waals surface area contributed by atoms with Crippen LogP contribution < -0.4 is 10.5 Å². The van der Waals surface area contributed by atoms with Crippen LogP contribution in [0.4, 0.5) is 0 Å². The number of rotatable bonds is 5. The third kappa shape index (κ3) is 3.62. The van der Waals surface area contributed by atoms with E-state index in [1.165, 1.54) is 0 Å². The van der Waals surface area contributed by atoms with Gasteiger partial charge >= 0.3 is 0 Å². The zero-order valence-corrected chi connectivity index (χ0v) is 15.7. The molecule has 4 nitrogen and oxygen atoms in total. The standard InChI is InChI=1S/C14H16Br2ClN3O/c1-3-20-12(13(17)8(2)19-20)7-21-14-10(15)4-9(6-18)5-11(14)16/h4-5H,3,6-7,18H2,1-2H3. The molecule has 0 radical (unpaired) electrons. The Morgan fingerprint density at radius 1 is 1.33 bits per heavy atom. The van der Waals surface area contributed by atoms with Crippen LogP contribution in [-0.2, 0) is 19.7 Å². The first-order chi connectivity index (χ1) is 9.97. The molecule has 0 atom stereocenters. The molecule has 0 unspecified atom stereocenters. The van der Waals surface area contributed by atoms with Crippen LogP contribution in [0.2, 0.25) is 5.02 Å². The van der Waals surface area contributed by atoms with Gasteiger partial charge in [-0.2, -0.15) is 5.10 Å². The molecule has 0 aliphatic heterocycles. The van der Waals surface area contributed by atoms with Gasteiger partial charge in [0.05, 0.1) is 25.4 Å². The molecule has 2 N–H and O–H groups in total. The second kappa shape index (κ2) is 7.13. The molecule has 0 aliphatic rings. The summed E-state index contributed by atoms with van der Waals surface area (Å²) in [5.41, 5.74) is 8.36. The molecule has 114 valence electrons. The fourth-order valence-electron chi connectivity index (χ4n) is 2.02. The third-order valence-electron chi connectivity index (χ3n) is 3.10. The molecule has 21 heavy (non-hydrogen) atoms. The van der Waals surface area contributed by atoms with Crippen LogP contribution in [0.5, 0.6) is 5.75 Å². The first kappa shape index (κ1) is 16.8. The lowest BCUT2D eigenvalue weighted by atomic mass is 10.2. The summed E-state index contributed by atoms with van der Waals surface area (Å²) in [7, 11) is 0. The monoisotopic (exact) mass is 435 g/mol. The summed E-state index contributed by atoms with van der Waals surface area (Å²) in [6, 6.07) is 3.90. The number of nitrogens with zero attached hydrogens (tertiary/aromatic N) is 2. The molecule has 0 spiro atoms. The van der Waals surface area contributed by atoms with Gasteiger partial charge in [-0.1, -0.05) is 11.6 Å². The molecule has 0 aliphatic carbocycles. The lowest BCUT2D eigenvalue weighted by Gasteiger charge is -2.13. The van der Waals surface area contributed by atoms with E-state index in [9.17, 15) is 0 Å². The first-order valence-corrected chi connectivity index (χ1v) is 8.46. The number of benzene rings is 1. The van der Waals surface area contributed by atoms with E-state index in [1.807, 2.05) is 30.7 Å². The van der Waals surface area contributed by atoms with Gasteiger partial charge in [-0.15, -0.1) is 0 Å². The molecule has 2 aromatic rings. The highest BCUT2D eigenvalue weighted by Gasteiger charge is 2.15. The van der Waals surface area contributed by atoms with Crippen molar-refractivity contribution in [2.24, 2.45) is 5.73 Å². The Labute approximate surface area is 145 Å². The van der Waals surface area contributed by atoms with E-state index in [2.05, 4.69) is 37.0 Å². The Hall–Kier alpha value is -0.560. The predicted molar refractivity (Wildman–Crippen MR) is 91.7 cm³/mol. The second-order valence-electron chi connectivity index (χ2n) is 4.54. The summed E-state index contributed by atoms with van der Waals surface area (Å²) < 4.78 is 9.47. The maximum absolute atomic E-state index is 6.28. The van der Waals surface area contributed by atoms with Crippen molar-refractivity contribution >= 4 is 43.5 Å². The number of hydrogen-bond acceptors (Lipinski definition) is 3. The van der Waals surface area contributed by atoms with Crippen molar-refractivity contribution in [3.8, 4) is 5.75 Å². The van der Waals surface area contributed by atoms with E-state index in [1.54, 1.807) is 0 Å². The largest absolute Gasteiger partial charge is 0.485 e. The molecule has 0 fully saturated rings. The molecular weight excluding hydrogens is 421 g/mol. The zero-order chi connectivity index (χ0) is 15.6. The van der Waals surface area contributed by atoms with Gasteiger partial charge in [0.2, 0.25) is 0 Å². The summed E-state index contributed by atoms with van der Waals surface area (Å²) in [6.45, 7) is 5.49. The highest BCUT2D eigenvalue weighted by atomic mass is 79.9. The molecule has 0 saturated carbocycles. The minimum atomic E-state index is 0.354. The van der Waals surface area contributed by atoms with E-state index < -0.39 is 0 Å². The summed E-state index contributed by atoms with van der Waals surface area (Å²) >= 11 is 13.3. The van der Waals surface area contributed by atoms with Gasteiger partial charge in [-0.3, -0.25) is 4.68 Å². The van der Waals surface area contributed by atoms with Gasteiger partial charge in [-0.25, -0.2) is 0 Å². The molecule has 1 heterocycles. The molecule has 0 bridgehead atoms. The van der Waals surface area contributed by atoms with E-state index in [0.29, 0.717) is 18.2 Å². The molecular formula is C14H16Br2ClN3O. The SMILES string of the molecule is CCn1nc(C)c(Cl)c1COc1c(Br)cc(CN)cc1Br. The summed E-state index contributed by atoms with van der Waals surface area (Å²) in [4.78, 5) is 0. The van der Waals surface area contributed by atoms with Crippen molar-refractivity contribution in [3.63, 3.8) is 0 Å². The normalized spacial score (nSPS) is 11.0. The van der Waals surface area contributed by atoms with Gasteiger partial charge in [0.15, 0.2) is 0 Å². The van der Waals surface area contributed by atoms with Crippen LogP contribution in [0.25, 0.3) is 0 Å². The molecule has 0 amide bonds. The highest BCUT2D eigenvalue weighted by molar-refractivity contribution is 9.11. The summed E-state index contributed by atoms with van der Waals surface area (Å²) in [6.07, 6.45) is 0. The summed E-state index contributed by atoms with van der Waals surface area (Å²) in [5.74, 6) is 0.727. The highest BCUT2D eigenvalue weighted by Crippen LogP contribution is 2.35. The molecule has 2 rings (SSSR count). The smallest absolute Gasteiger partial charge is 0.148 e. The van der Waals surface area contributed by atoms with Gasteiger partial charge < -0.3 is 10.5 Å². The molecule has 1 aromatic heterocycles. The number of aromatic nitrogens is 2. The fraction of sp³-hybridized carbons (Fsp3) is 0.357. The Bertz CT molecular complexity index is 635. The lowest BCUT2D eigenvalue weighted by molar-refractivity contribution is 0.289. The minimum absolute atomic E-state index is 0.354. The number of aryl methyl sites for hydroxylation is 2. The van der Waals surface area contributed by atoms with E-state index in [4.69, 9.17) is 22.1 Å². The Balaban J connectivity index is 2.25. The van der Waals surface area contributed by atoms with E-state index >= 15 is 0 Å². The Morgan fingerprint density at radius 3 is 2.48 bits per heavy atom. The second-order valence-corrected chi connectivity index (χ2v) is 6.63. The van der Waals surface area contributed by atoms with Crippen LogP contribution in [-0.4, -0.2) is 9.78 Å². The maximum atomic E-state index is 6.28. The van der Waals surface area contributed by atoms with Crippen LogP contribution in [0.1, 0.15) is 23.9 Å². The quantitative estimate of drug-likeness (QED) is 0.753. The topological polar surface area (TPSA) is 53.1 Å². The lowest BCUT2D eigenvalue weighted by Crippen LogP contribution is -2.07. The Morgan fingerprint density at radius 2 is 1.95 bits per heavy atom. The van der Waals surface area contributed by atoms with Crippen LogP contribution in [0.15, 0.2) is 21.1 Å². The van der Waals surface area contributed by atoms with Gasteiger partial charge in [0.1, 0.15) is 12.4 Å². The number of halogens is 3. The van der Waals surface area contributed by atoms with Crippen LogP contribution in [0, 0.1) is 6.92 Å². The minimum Gasteiger partial charge on any atom is -0.485 e. The van der Waals surface area contributed by atoms with Crippen molar-refractivity contribution in [2.75, 3.05) is 0 Å². The van der Waals surface area contributed by atoms with E-state index in [-0.39, 0.29) is 0 Å². The van der Waals surface area contributed by atoms with Gasteiger partial charge in [0.25, 0.3) is 0 Å². The van der Waals surface area contributed by atoms with Crippen molar-refractivity contribution in [3.05, 3.63) is 43.1 Å². The number of hydrogen-bond donors (Lipinski definition) is 1. The van der Waals surface area contributed by atoms with Gasteiger partial charge in [-0.05, 0) is 63.4 Å². The van der Waals surface area contributed by atoms with E-state index in [0.717, 1.165) is 38.2 Å². The predicted octanol–water partition coefficient (Wildman–Crippen LogP) is 4.43. The average Bonchev–Trinajstić information content (AvgIpc) is 2.73. The third-order valence-corrected chi connectivity index (χ3v) is 4.77. The molecule has 1 aromatic carbocycles. The average molecular weight is 438 g/mol.